The van der Waals surface area contributed by atoms with Gasteiger partial charge in [-0.05, 0) is 74.0 Å². The van der Waals surface area contributed by atoms with Crippen LogP contribution in [0.4, 0.5) is 23.2 Å². The van der Waals surface area contributed by atoms with Crippen LogP contribution in [-0.4, -0.2) is 52.5 Å². The number of alkyl halides is 3. The first-order valence-corrected chi connectivity index (χ1v) is 13.8. The monoisotopic (exact) mass is 588 g/mol. The number of piperidine rings is 1. The van der Waals surface area contributed by atoms with Gasteiger partial charge in [-0.2, -0.15) is 22.6 Å². The van der Waals surface area contributed by atoms with Crippen molar-refractivity contribution in [1.29, 1.82) is 0 Å². The second-order valence-electron chi connectivity index (χ2n) is 9.80. The van der Waals surface area contributed by atoms with Crippen molar-refractivity contribution in [2.75, 3.05) is 13.1 Å². The van der Waals surface area contributed by atoms with Crippen molar-refractivity contribution in [3.8, 4) is 0 Å². The number of allylic oxidation sites excluding steroid dienone is 2. The van der Waals surface area contributed by atoms with Crippen molar-refractivity contribution in [1.82, 2.24) is 19.5 Å². The zero-order valence-electron chi connectivity index (χ0n) is 21.6. The molecular weight excluding hydrogens is 564 g/mol. The predicted molar refractivity (Wildman–Crippen MR) is 141 cm³/mol. The van der Waals surface area contributed by atoms with Crippen LogP contribution in [0.1, 0.15) is 34.6 Å². The molecule has 2 aromatic heterocycles. The summed E-state index contributed by atoms with van der Waals surface area (Å²) < 4.78 is 82.3. The first-order chi connectivity index (χ1) is 19.3. The first kappa shape index (κ1) is 28.4. The maximum atomic E-state index is 14.2. The van der Waals surface area contributed by atoms with Gasteiger partial charge in [-0.3, -0.25) is 14.9 Å². The van der Waals surface area contributed by atoms with Gasteiger partial charge in [-0.25, -0.2) is 17.8 Å². The summed E-state index contributed by atoms with van der Waals surface area (Å²) in [6, 6.07) is 6.79. The van der Waals surface area contributed by atoms with Crippen molar-refractivity contribution in [3.63, 3.8) is 0 Å². The number of Topliss-reactive ketones (excluding diaryl/α,β-unsaturated/α-hetero) is 1. The smallest absolute Gasteiger partial charge is 0.404 e. The van der Waals surface area contributed by atoms with E-state index in [-0.39, 0.29) is 30.8 Å². The lowest BCUT2D eigenvalue weighted by Gasteiger charge is -2.45. The largest absolute Gasteiger partial charge is 0.416 e. The number of nitrogens with zero attached hydrogens (tertiary/aromatic N) is 4. The van der Waals surface area contributed by atoms with E-state index in [1.165, 1.54) is 43.6 Å². The number of sulfonamides is 1. The fourth-order valence-electron chi connectivity index (χ4n) is 5.14. The summed E-state index contributed by atoms with van der Waals surface area (Å²) in [6.45, 7) is 1.16. The van der Waals surface area contributed by atoms with Crippen LogP contribution in [0.5, 0.6) is 0 Å². The number of aliphatic imine (C=N–C) groups is 1. The average molecular weight is 589 g/mol. The Morgan fingerprint density at radius 2 is 1.95 bits per heavy atom. The number of carbonyl (C=O) groups is 1. The molecule has 1 atom stereocenters. The van der Waals surface area contributed by atoms with Crippen LogP contribution >= 0.6 is 0 Å². The highest BCUT2D eigenvalue weighted by atomic mass is 32.2. The molecule has 0 saturated carbocycles. The molecule has 0 unspecified atom stereocenters. The Labute approximate surface area is 232 Å². The highest BCUT2D eigenvalue weighted by Crippen LogP contribution is 2.48. The molecule has 9 nitrogen and oxygen atoms in total. The van der Waals surface area contributed by atoms with Gasteiger partial charge in [0.05, 0.1) is 34.3 Å². The molecule has 1 aromatic carbocycles. The summed E-state index contributed by atoms with van der Waals surface area (Å²) >= 11 is 0. The van der Waals surface area contributed by atoms with E-state index < -0.39 is 44.5 Å². The molecule has 41 heavy (non-hydrogen) atoms. The Bertz CT molecular complexity index is 1710. The number of hydrogen-bond acceptors (Lipinski definition) is 7. The lowest BCUT2D eigenvalue weighted by Crippen LogP contribution is -2.53. The third-order valence-electron chi connectivity index (χ3n) is 7.26. The number of aryl methyl sites for hydroxylation is 1. The number of ketones is 1. The second kappa shape index (κ2) is 10.3. The first-order valence-electron chi connectivity index (χ1n) is 12.4. The maximum Gasteiger partial charge on any atom is 0.416 e. The van der Waals surface area contributed by atoms with Crippen LogP contribution in [0.3, 0.4) is 0 Å². The zero-order valence-corrected chi connectivity index (χ0v) is 22.4. The molecule has 3 aromatic rings. The lowest BCUT2D eigenvalue weighted by molar-refractivity contribution is -0.137. The molecule has 3 heterocycles. The van der Waals surface area contributed by atoms with Gasteiger partial charge < -0.3 is 5.73 Å². The molecule has 3 N–H and O–H groups in total. The molecule has 1 aliphatic heterocycles. The standard InChI is InChI=1S/C27H24F4N6O3S/c1-16-24(14-34-36-16)41(39,40)37-9-7-18-10-22(35-21-4-2-20(28)3-5-21)17(13-32)12-26(18,15-37)25(38)23-11-19(6-8-33-23)27(29,30)31/h2-6,8,10-11,13-14H,7,9,12,15,32H2,1H3,(H,34,36)/t26-/m0/s1. The number of hydrogen-bond donors (Lipinski definition) is 2. The minimum Gasteiger partial charge on any atom is -0.404 e. The van der Waals surface area contributed by atoms with Crippen LogP contribution in [0, 0.1) is 18.2 Å². The number of aromatic amines is 1. The summed E-state index contributed by atoms with van der Waals surface area (Å²) in [5.74, 6) is -1.23. The van der Waals surface area contributed by atoms with Gasteiger partial charge in [0.2, 0.25) is 10.0 Å². The van der Waals surface area contributed by atoms with Gasteiger partial charge in [0.25, 0.3) is 0 Å². The molecule has 1 saturated heterocycles. The number of nitrogens with two attached hydrogens (primary N) is 1. The molecule has 0 amide bonds. The quantitative estimate of drug-likeness (QED) is 0.334. The highest BCUT2D eigenvalue weighted by molar-refractivity contribution is 7.89. The topological polar surface area (TPSA) is 134 Å². The number of H-pyrrole nitrogens is 1. The number of halogens is 4. The van der Waals surface area contributed by atoms with E-state index in [0.717, 1.165) is 16.6 Å². The number of pyridine rings is 1. The summed E-state index contributed by atoms with van der Waals surface area (Å²) in [4.78, 5) is 22.6. The predicted octanol–water partition coefficient (Wildman–Crippen LogP) is 4.48. The van der Waals surface area contributed by atoms with E-state index >= 15 is 0 Å². The van der Waals surface area contributed by atoms with Crippen LogP contribution in [0.15, 0.2) is 82.1 Å². The lowest BCUT2D eigenvalue weighted by atomic mass is 9.64. The van der Waals surface area contributed by atoms with Crippen molar-refractivity contribution in [2.24, 2.45) is 16.1 Å². The van der Waals surface area contributed by atoms with E-state index in [1.807, 2.05) is 0 Å². The molecule has 14 heteroatoms. The molecule has 0 spiro atoms. The van der Waals surface area contributed by atoms with E-state index in [0.29, 0.717) is 34.3 Å². The van der Waals surface area contributed by atoms with E-state index in [4.69, 9.17) is 5.73 Å². The van der Waals surface area contributed by atoms with Gasteiger partial charge in [-0.1, -0.05) is 5.57 Å². The van der Waals surface area contributed by atoms with Crippen molar-refractivity contribution >= 4 is 27.2 Å². The summed E-state index contributed by atoms with van der Waals surface area (Å²) in [5, 5.41) is 6.37. The van der Waals surface area contributed by atoms with Crippen LogP contribution in [-0.2, 0) is 16.2 Å². The van der Waals surface area contributed by atoms with Crippen molar-refractivity contribution in [3.05, 3.63) is 95.0 Å². The molecule has 0 radical (unpaired) electrons. The second-order valence-corrected chi connectivity index (χ2v) is 11.7. The number of nitrogens with one attached hydrogen (secondary N) is 1. The molecule has 5 rings (SSSR count). The summed E-state index contributed by atoms with van der Waals surface area (Å²) in [7, 11) is -4.13. The van der Waals surface area contributed by atoms with E-state index in [9.17, 15) is 30.8 Å². The number of fused-ring (bicyclic) bond motifs is 1. The average Bonchev–Trinajstić information content (AvgIpc) is 3.39. The zero-order chi connectivity index (χ0) is 29.6. The molecule has 1 fully saturated rings. The minimum atomic E-state index is -4.72. The molecule has 214 valence electrons. The Kier molecular flexibility index (Phi) is 7.15. The number of aromatic nitrogens is 3. The van der Waals surface area contributed by atoms with Crippen molar-refractivity contribution in [2.45, 2.75) is 30.8 Å². The third-order valence-corrected chi connectivity index (χ3v) is 9.22. The van der Waals surface area contributed by atoms with E-state index in [1.54, 1.807) is 6.08 Å². The number of benzene rings is 1. The van der Waals surface area contributed by atoms with Crippen molar-refractivity contribution < 1.29 is 30.8 Å². The Morgan fingerprint density at radius 3 is 2.59 bits per heavy atom. The SMILES string of the molecule is Cc1[nH]ncc1S(=O)(=O)N1CCC2=CC(=Nc3ccc(F)cc3)C(=CN)C[C@]2(C(=O)c2cc(C(F)(F)F)ccn2)C1. The molecule has 1 aliphatic carbocycles. The fourth-order valence-corrected chi connectivity index (χ4v) is 6.76. The van der Waals surface area contributed by atoms with Crippen LogP contribution < -0.4 is 5.73 Å². The molecular formula is C27H24F4N6O3S. The van der Waals surface area contributed by atoms with Gasteiger partial charge in [0.1, 0.15) is 16.4 Å². The van der Waals surface area contributed by atoms with E-state index in [2.05, 4.69) is 20.2 Å². The molecule has 2 aliphatic rings. The fraction of sp³-hybridized carbons (Fsp3) is 0.259. The Morgan fingerprint density at radius 1 is 1.22 bits per heavy atom. The Hall–Kier alpha value is -4.17. The normalized spacial score (nSPS) is 22.0. The molecule has 0 bridgehead atoms. The van der Waals surface area contributed by atoms with Crippen LogP contribution in [0.25, 0.3) is 0 Å². The number of rotatable bonds is 5. The van der Waals surface area contributed by atoms with Gasteiger partial charge >= 0.3 is 6.18 Å². The number of carbonyl (C=O) groups excluding carboxylic acids is 1. The van der Waals surface area contributed by atoms with Gasteiger partial charge in [0, 0.05) is 19.3 Å². The third kappa shape index (κ3) is 5.20. The van der Waals surface area contributed by atoms with Gasteiger partial charge in [0.15, 0.2) is 5.78 Å². The summed E-state index contributed by atoms with van der Waals surface area (Å²) in [5.41, 5.74) is 4.71. The minimum absolute atomic E-state index is 0.00463. The van der Waals surface area contributed by atoms with Crippen LogP contribution in [0.2, 0.25) is 0 Å². The van der Waals surface area contributed by atoms with Gasteiger partial charge in [-0.15, -0.1) is 0 Å². The highest BCUT2D eigenvalue weighted by Gasteiger charge is 2.52. The summed E-state index contributed by atoms with van der Waals surface area (Å²) in [6.07, 6.45) is 0.0924. The maximum absolute atomic E-state index is 14.2. The Balaban J connectivity index is 1.65.